The second-order valence-corrected chi connectivity index (χ2v) is 6.93. The molecule has 10 heteroatoms. The fourth-order valence-electron chi connectivity index (χ4n) is 3.09. The van der Waals surface area contributed by atoms with Gasteiger partial charge in [0.05, 0.1) is 25.9 Å². The topological polar surface area (TPSA) is 86.3 Å². The molecular weight excluding hydrogens is 426 g/mol. The number of benzene rings is 2. The lowest BCUT2D eigenvalue weighted by Crippen LogP contribution is -2.36. The van der Waals surface area contributed by atoms with Gasteiger partial charge < -0.3 is 29.2 Å². The maximum atomic E-state index is 12.4. The molecule has 1 saturated heterocycles. The Kier molecular flexibility index (Phi) is 7.82. The first-order chi connectivity index (χ1) is 15.4. The van der Waals surface area contributed by atoms with Crippen LogP contribution >= 0.6 is 0 Å². The van der Waals surface area contributed by atoms with E-state index in [4.69, 9.17) is 14.2 Å². The van der Waals surface area contributed by atoms with Crippen LogP contribution in [0, 0.1) is 0 Å². The molecule has 1 heterocycles. The number of halogens is 2. The third-order valence-electron chi connectivity index (χ3n) is 4.78. The van der Waals surface area contributed by atoms with Crippen molar-refractivity contribution in [3.8, 4) is 11.5 Å². The van der Waals surface area contributed by atoms with Gasteiger partial charge in [-0.3, -0.25) is 4.79 Å². The quantitative estimate of drug-likeness (QED) is 0.618. The number of anilines is 2. The van der Waals surface area contributed by atoms with E-state index in [0.717, 1.165) is 18.8 Å². The third-order valence-corrected chi connectivity index (χ3v) is 4.78. The second kappa shape index (κ2) is 10.8. The van der Waals surface area contributed by atoms with Crippen LogP contribution in [0.1, 0.15) is 17.3 Å². The molecule has 1 aliphatic heterocycles. The summed E-state index contributed by atoms with van der Waals surface area (Å²) < 4.78 is 44.7. The van der Waals surface area contributed by atoms with Crippen molar-refractivity contribution >= 4 is 23.3 Å². The van der Waals surface area contributed by atoms with E-state index in [1.165, 1.54) is 32.2 Å². The van der Waals surface area contributed by atoms with Gasteiger partial charge in [-0.1, -0.05) is 0 Å². The van der Waals surface area contributed by atoms with E-state index in [1.807, 2.05) is 12.1 Å². The molecular formula is C22H24F2N2O6. The van der Waals surface area contributed by atoms with Crippen molar-refractivity contribution in [3.63, 3.8) is 0 Å². The number of hydrogen-bond acceptors (Lipinski definition) is 7. The zero-order valence-corrected chi connectivity index (χ0v) is 17.7. The van der Waals surface area contributed by atoms with E-state index in [2.05, 4.69) is 15.0 Å². The molecule has 8 nitrogen and oxygen atoms in total. The average Bonchev–Trinajstić information content (AvgIpc) is 2.80. The fourth-order valence-corrected chi connectivity index (χ4v) is 3.09. The molecule has 1 amide bonds. The summed E-state index contributed by atoms with van der Waals surface area (Å²) in [6.07, 6.45) is -1.09. The molecule has 2 aromatic carbocycles. The molecule has 0 aliphatic carbocycles. The molecule has 1 atom stereocenters. The number of rotatable bonds is 8. The second-order valence-electron chi connectivity index (χ2n) is 6.93. The number of morpholine rings is 1. The Hall–Kier alpha value is -3.40. The van der Waals surface area contributed by atoms with Gasteiger partial charge in [0.25, 0.3) is 5.91 Å². The lowest BCUT2D eigenvalue weighted by Gasteiger charge is -2.28. The first kappa shape index (κ1) is 23.3. The number of hydrogen-bond donors (Lipinski definition) is 1. The zero-order chi connectivity index (χ0) is 23.1. The van der Waals surface area contributed by atoms with E-state index in [-0.39, 0.29) is 17.1 Å². The highest BCUT2D eigenvalue weighted by molar-refractivity contribution is 5.97. The van der Waals surface area contributed by atoms with E-state index < -0.39 is 24.6 Å². The summed E-state index contributed by atoms with van der Waals surface area (Å²) in [4.78, 5) is 27.0. The molecule has 0 radical (unpaired) electrons. The van der Waals surface area contributed by atoms with E-state index in [0.29, 0.717) is 18.9 Å². The van der Waals surface area contributed by atoms with Crippen LogP contribution in [0.3, 0.4) is 0 Å². The third kappa shape index (κ3) is 6.07. The molecule has 0 spiro atoms. The number of esters is 1. The molecule has 1 fully saturated rings. The number of alkyl halides is 2. The van der Waals surface area contributed by atoms with Crippen LogP contribution < -0.4 is 19.7 Å². The van der Waals surface area contributed by atoms with Crippen LogP contribution in [0.2, 0.25) is 0 Å². The number of carbonyl (C=O) groups excluding carboxylic acids is 2. The van der Waals surface area contributed by atoms with Crippen molar-refractivity contribution in [2.45, 2.75) is 19.6 Å². The summed E-state index contributed by atoms with van der Waals surface area (Å²) in [6.45, 7) is 1.36. The number of ether oxygens (including phenoxy) is 4. The molecule has 3 rings (SSSR count). The van der Waals surface area contributed by atoms with Crippen molar-refractivity contribution in [3.05, 3.63) is 48.0 Å². The van der Waals surface area contributed by atoms with Gasteiger partial charge >= 0.3 is 12.6 Å². The van der Waals surface area contributed by atoms with Crippen LogP contribution in [-0.2, 0) is 14.3 Å². The van der Waals surface area contributed by atoms with Gasteiger partial charge in [0.1, 0.15) is 0 Å². The highest BCUT2D eigenvalue weighted by Gasteiger charge is 2.21. The molecule has 1 aliphatic rings. The molecule has 2 aromatic rings. The Bertz CT molecular complexity index is 933. The summed E-state index contributed by atoms with van der Waals surface area (Å²) in [5.74, 6) is -1.60. The van der Waals surface area contributed by atoms with Crippen molar-refractivity contribution < 1.29 is 37.3 Å². The highest BCUT2D eigenvalue weighted by atomic mass is 19.3. The van der Waals surface area contributed by atoms with Crippen LogP contribution in [-0.4, -0.2) is 58.0 Å². The fraction of sp³-hybridized carbons (Fsp3) is 0.364. The van der Waals surface area contributed by atoms with Crippen LogP contribution in [0.4, 0.5) is 20.2 Å². The first-order valence-corrected chi connectivity index (χ1v) is 9.95. The van der Waals surface area contributed by atoms with Crippen LogP contribution in [0.5, 0.6) is 11.5 Å². The van der Waals surface area contributed by atoms with Crippen molar-refractivity contribution in [2.75, 3.05) is 43.6 Å². The Morgan fingerprint density at radius 3 is 2.38 bits per heavy atom. The van der Waals surface area contributed by atoms with Gasteiger partial charge in [-0.25, -0.2) is 4.79 Å². The maximum Gasteiger partial charge on any atom is 0.387 e. The number of amides is 1. The number of nitrogens with zero attached hydrogens (tertiary/aromatic N) is 1. The van der Waals surface area contributed by atoms with Crippen LogP contribution in [0.25, 0.3) is 0 Å². The van der Waals surface area contributed by atoms with E-state index in [9.17, 15) is 18.4 Å². The number of carbonyl (C=O) groups is 2. The van der Waals surface area contributed by atoms with E-state index >= 15 is 0 Å². The molecule has 0 aromatic heterocycles. The Balaban J connectivity index is 1.57. The van der Waals surface area contributed by atoms with Crippen molar-refractivity contribution in [1.82, 2.24) is 0 Å². The minimum Gasteiger partial charge on any atom is -0.493 e. The smallest absolute Gasteiger partial charge is 0.387 e. The number of methoxy groups -OCH3 is 1. The lowest BCUT2D eigenvalue weighted by atomic mass is 10.2. The SMILES string of the molecule is COc1cc(C(=O)OC(C)C(=O)Nc2ccc(N3CCOCC3)cc2)ccc1OC(F)F. The van der Waals surface area contributed by atoms with Gasteiger partial charge in [-0.05, 0) is 49.4 Å². The zero-order valence-electron chi connectivity index (χ0n) is 17.7. The van der Waals surface area contributed by atoms with Gasteiger partial charge in [-0.15, -0.1) is 0 Å². The van der Waals surface area contributed by atoms with E-state index in [1.54, 1.807) is 12.1 Å². The molecule has 172 valence electrons. The monoisotopic (exact) mass is 450 g/mol. The normalized spacial score (nSPS) is 14.6. The standard InChI is InChI=1S/C22H24F2N2O6/c1-14(31-21(28)15-3-8-18(32-22(23)24)19(13-15)29-2)20(27)25-16-4-6-17(7-5-16)26-9-11-30-12-10-26/h3-8,13-14,22H,9-12H2,1-2H3,(H,25,27). The maximum absolute atomic E-state index is 12.4. The molecule has 1 unspecified atom stereocenters. The minimum absolute atomic E-state index is 0.0259. The Labute approximate surface area is 184 Å². The molecule has 1 N–H and O–H groups in total. The van der Waals surface area contributed by atoms with Crippen molar-refractivity contribution in [1.29, 1.82) is 0 Å². The summed E-state index contributed by atoms with van der Waals surface area (Å²) in [5, 5.41) is 2.69. The van der Waals surface area contributed by atoms with Gasteiger partial charge in [-0.2, -0.15) is 8.78 Å². The highest BCUT2D eigenvalue weighted by Crippen LogP contribution is 2.30. The average molecular weight is 450 g/mol. The van der Waals surface area contributed by atoms with Crippen LogP contribution in [0.15, 0.2) is 42.5 Å². The Morgan fingerprint density at radius 2 is 1.75 bits per heavy atom. The minimum atomic E-state index is -3.03. The molecule has 32 heavy (non-hydrogen) atoms. The lowest BCUT2D eigenvalue weighted by molar-refractivity contribution is -0.123. The summed E-state index contributed by atoms with van der Waals surface area (Å²) in [6, 6.07) is 10.9. The van der Waals surface area contributed by atoms with Gasteiger partial charge in [0, 0.05) is 24.5 Å². The summed E-state index contributed by atoms with van der Waals surface area (Å²) >= 11 is 0. The van der Waals surface area contributed by atoms with Gasteiger partial charge in [0.2, 0.25) is 0 Å². The molecule has 0 saturated carbocycles. The predicted molar refractivity (Wildman–Crippen MR) is 113 cm³/mol. The molecule has 0 bridgehead atoms. The Morgan fingerprint density at radius 1 is 1.06 bits per heavy atom. The van der Waals surface area contributed by atoms with Gasteiger partial charge in [0.15, 0.2) is 17.6 Å². The predicted octanol–water partition coefficient (Wildman–Crippen LogP) is 3.32. The summed E-state index contributed by atoms with van der Waals surface area (Å²) in [5.41, 5.74) is 1.61. The summed E-state index contributed by atoms with van der Waals surface area (Å²) in [7, 11) is 1.25. The number of nitrogens with one attached hydrogen (secondary N) is 1. The first-order valence-electron chi connectivity index (χ1n) is 9.95. The van der Waals surface area contributed by atoms with Crippen molar-refractivity contribution in [2.24, 2.45) is 0 Å². The largest absolute Gasteiger partial charge is 0.493 e.